The summed E-state index contributed by atoms with van der Waals surface area (Å²) in [6.07, 6.45) is 7.76. The Balaban J connectivity index is 2.15. The van der Waals surface area contributed by atoms with E-state index in [9.17, 15) is 0 Å². The molecular formula is C14H32N4. The topological polar surface area (TPSA) is 76.1 Å². The van der Waals surface area contributed by atoms with Gasteiger partial charge in [0.25, 0.3) is 0 Å². The molecule has 0 aromatic heterocycles. The molecule has 1 aliphatic carbocycles. The van der Waals surface area contributed by atoms with E-state index in [1.807, 2.05) is 0 Å². The van der Waals surface area contributed by atoms with Crippen LogP contribution >= 0.6 is 0 Å². The Morgan fingerprint density at radius 2 is 1.22 bits per heavy atom. The van der Waals surface area contributed by atoms with Crippen molar-refractivity contribution >= 4 is 0 Å². The lowest BCUT2D eigenvalue weighted by atomic mass is 9.79. The van der Waals surface area contributed by atoms with Gasteiger partial charge in [-0.3, -0.25) is 0 Å². The maximum Gasteiger partial charge on any atom is -0.00174 e. The van der Waals surface area contributed by atoms with Crippen LogP contribution in [0.5, 0.6) is 0 Å². The van der Waals surface area contributed by atoms with Crippen molar-refractivity contribution in [3.8, 4) is 0 Å². The Kier molecular flexibility index (Phi) is 9.48. The van der Waals surface area contributed by atoms with Crippen LogP contribution in [0.2, 0.25) is 0 Å². The van der Waals surface area contributed by atoms with Gasteiger partial charge in [-0.15, -0.1) is 0 Å². The zero-order chi connectivity index (χ0) is 13.1. The smallest absolute Gasteiger partial charge is 0.00174 e. The second-order valence-electron chi connectivity index (χ2n) is 5.50. The molecule has 1 fully saturated rings. The van der Waals surface area contributed by atoms with Crippen LogP contribution in [0.1, 0.15) is 38.5 Å². The van der Waals surface area contributed by atoms with Crippen molar-refractivity contribution in [2.24, 2.45) is 23.3 Å². The number of hydrogen-bond acceptors (Lipinski definition) is 4. The molecule has 0 aromatic rings. The molecule has 1 saturated carbocycles. The highest BCUT2D eigenvalue weighted by molar-refractivity contribution is 4.78. The molecule has 18 heavy (non-hydrogen) atoms. The lowest BCUT2D eigenvalue weighted by molar-refractivity contribution is 0.224. The first-order valence-corrected chi connectivity index (χ1v) is 7.70. The zero-order valence-electron chi connectivity index (χ0n) is 11.8. The fourth-order valence-electron chi connectivity index (χ4n) is 2.85. The monoisotopic (exact) mass is 256 g/mol. The highest BCUT2D eigenvalue weighted by Gasteiger charge is 2.24. The first-order valence-electron chi connectivity index (χ1n) is 7.70. The summed E-state index contributed by atoms with van der Waals surface area (Å²) in [7, 11) is 0. The van der Waals surface area contributed by atoms with E-state index in [2.05, 4.69) is 10.6 Å². The third-order valence-corrected chi connectivity index (χ3v) is 3.99. The van der Waals surface area contributed by atoms with Crippen LogP contribution in [0, 0.1) is 11.8 Å². The number of nitrogens with two attached hydrogens (primary N) is 2. The van der Waals surface area contributed by atoms with Crippen LogP contribution in [0.15, 0.2) is 0 Å². The van der Waals surface area contributed by atoms with Crippen LogP contribution in [-0.2, 0) is 0 Å². The van der Waals surface area contributed by atoms with Crippen LogP contribution in [0.4, 0.5) is 0 Å². The molecule has 1 rings (SSSR count). The van der Waals surface area contributed by atoms with Crippen molar-refractivity contribution in [3.63, 3.8) is 0 Å². The van der Waals surface area contributed by atoms with Gasteiger partial charge in [-0.05, 0) is 76.8 Å². The van der Waals surface area contributed by atoms with Crippen LogP contribution in [0.3, 0.4) is 0 Å². The molecule has 1 aliphatic rings. The van der Waals surface area contributed by atoms with E-state index in [0.717, 1.165) is 50.9 Å². The summed E-state index contributed by atoms with van der Waals surface area (Å²) in [6.45, 7) is 6.07. The fraction of sp³-hybridized carbons (Fsp3) is 1.00. The minimum absolute atomic E-state index is 0.793. The van der Waals surface area contributed by atoms with Gasteiger partial charge in [-0.1, -0.05) is 12.8 Å². The van der Waals surface area contributed by atoms with Crippen molar-refractivity contribution in [1.82, 2.24) is 10.6 Å². The van der Waals surface area contributed by atoms with Gasteiger partial charge in [-0.25, -0.2) is 0 Å². The lowest BCUT2D eigenvalue weighted by Crippen LogP contribution is -2.37. The maximum atomic E-state index is 5.51. The molecule has 0 bridgehead atoms. The lowest BCUT2D eigenvalue weighted by Gasteiger charge is -2.32. The third kappa shape index (κ3) is 6.69. The Morgan fingerprint density at radius 3 is 1.61 bits per heavy atom. The third-order valence-electron chi connectivity index (χ3n) is 3.99. The van der Waals surface area contributed by atoms with Crippen molar-refractivity contribution in [1.29, 1.82) is 0 Å². The summed E-state index contributed by atoms with van der Waals surface area (Å²) in [4.78, 5) is 0. The minimum atomic E-state index is 0.793. The molecular weight excluding hydrogens is 224 g/mol. The first-order chi connectivity index (χ1) is 8.88. The first kappa shape index (κ1) is 15.9. The molecule has 0 amide bonds. The van der Waals surface area contributed by atoms with Gasteiger partial charge < -0.3 is 22.1 Å². The summed E-state index contributed by atoms with van der Waals surface area (Å²) < 4.78 is 0. The van der Waals surface area contributed by atoms with Crippen molar-refractivity contribution in [2.45, 2.75) is 38.5 Å². The predicted octanol–water partition coefficient (Wildman–Crippen LogP) is 0.670. The average molecular weight is 256 g/mol. The van der Waals surface area contributed by atoms with Gasteiger partial charge in [0, 0.05) is 0 Å². The van der Waals surface area contributed by atoms with E-state index in [4.69, 9.17) is 11.5 Å². The zero-order valence-corrected chi connectivity index (χ0v) is 11.8. The Morgan fingerprint density at radius 1 is 0.778 bits per heavy atom. The number of hydrogen-bond donors (Lipinski definition) is 4. The highest BCUT2D eigenvalue weighted by Crippen LogP contribution is 2.29. The standard InChI is InChI=1S/C14H32N4/c15-7-3-9-17-11-13-5-1-2-6-14(13)12-18-10-4-8-16/h13-14,17-18H,1-12,15-16H2. The summed E-state index contributed by atoms with van der Waals surface area (Å²) in [5.41, 5.74) is 11.0. The normalized spacial score (nSPS) is 24.3. The number of nitrogens with one attached hydrogen (secondary N) is 2. The largest absolute Gasteiger partial charge is 0.330 e. The molecule has 4 heteroatoms. The fourth-order valence-corrected chi connectivity index (χ4v) is 2.85. The van der Waals surface area contributed by atoms with Gasteiger partial charge in [0.05, 0.1) is 0 Å². The van der Waals surface area contributed by atoms with Gasteiger partial charge in [0.2, 0.25) is 0 Å². The molecule has 6 N–H and O–H groups in total. The highest BCUT2D eigenvalue weighted by atomic mass is 14.9. The Bertz CT molecular complexity index is 167. The second kappa shape index (κ2) is 10.7. The molecule has 0 heterocycles. The summed E-state index contributed by atoms with van der Waals surface area (Å²) >= 11 is 0. The molecule has 0 aromatic carbocycles. The summed E-state index contributed by atoms with van der Waals surface area (Å²) in [5, 5.41) is 7.12. The molecule has 0 spiro atoms. The maximum absolute atomic E-state index is 5.51. The van der Waals surface area contributed by atoms with Crippen LogP contribution in [-0.4, -0.2) is 39.3 Å². The Hall–Kier alpha value is -0.160. The molecule has 2 atom stereocenters. The van der Waals surface area contributed by atoms with Gasteiger partial charge in [0.1, 0.15) is 0 Å². The number of rotatable bonds is 10. The molecule has 0 saturated heterocycles. The van der Waals surface area contributed by atoms with E-state index in [-0.39, 0.29) is 0 Å². The van der Waals surface area contributed by atoms with Gasteiger partial charge in [0.15, 0.2) is 0 Å². The van der Waals surface area contributed by atoms with E-state index in [1.165, 1.54) is 38.8 Å². The molecule has 4 nitrogen and oxygen atoms in total. The molecule has 0 aliphatic heterocycles. The molecule has 2 unspecified atom stereocenters. The van der Waals surface area contributed by atoms with E-state index in [0.29, 0.717) is 0 Å². The van der Waals surface area contributed by atoms with Crippen molar-refractivity contribution in [2.75, 3.05) is 39.3 Å². The minimum Gasteiger partial charge on any atom is -0.330 e. The SMILES string of the molecule is NCCCNCC1CCCCC1CNCCCN. The van der Waals surface area contributed by atoms with Gasteiger partial charge >= 0.3 is 0 Å². The quantitative estimate of drug-likeness (QED) is 0.433. The summed E-state index contributed by atoms with van der Waals surface area (Å²) in [6, 6.07) is 0. The predicted molar refractivity (Wildman–Crippen MR) is 78.5 cm³/mol. The van der Waals surface area contributed by atoms with Crippen LogP contribution < -0.4 is 22.1 Å². The Labute approximate surface area is 112 Å². The van der Waals surface area contributed by atoms with Crippen molar-refractivity contribution < 1.29 is 0 Å². The van der Waals surface area contributed by atoms with Crippen LogP contribution in [0.25, 0.3) is 0 Å². The van der Waals surface area contributed by atoms with E-state index in [1.54, 1.807) is 0 Å². The van der Waals surface area contributed by atoms with Gasteiger partial charge in [-0.2, -0.15) is 0 Å². The second-order valence-corrected chi connectivity index (χ2v) is 5.50. The average Bonchev–Trinajstić information content (AvgIpc) is 2.41. The van der Waals surface area contributed by atoms with Crippen molar-refractivity contribution in [3.05, 3.63) is 0 Å². The molecule has 0 radical (unpaired) electrons. The summed E-state index contributed by atoms with van der Waals surface area (Å²) in [5.74, 6) is 1.70. The van der Waals surface area contributed by atoms with E-state index < -0.39 is 0 Å². The van der Waals surface area contributed by atoms with E-state index >= 15 is 0 Å². The molecule has 108 valence electrons.